The minimum atomic E-state index is -0.537. The molecule has 14 heavy (non-hydrogen) atoms. The zero-order valence-electron chi connectivity index (χ0n) is 8.10. The van der Waals surface area contributed by atoms with E-state index < -0.39 is 5.60 Å². The van der Waals surface area contributed by atoms with Crippen LogP contribution in [0, 0.1) is 0 Å². The third-order valence-corrected chi connectivity index (χ3v) is 2.36. The van der Waals surface area contributed by atoms with Crippen molar-refractivity contribution in [1.82, 2.24) is 0 Å². The highest BCUT2D eigenvalue weighted by atomic mass is 16.7. The zero-order chi connectivity index (χ0) is 10.0. The molecule has 1 atom stereocenters. The van der Waals surface area contributed by atoms with Gasteiger partial charge in [0.25, 0.3) is 0 Å². The van der Waals surface area contributed by atoms with Crippen LogP contribution in [-0.2, 0) is 4.84 Å². The first-order valence-corrected chi connectivity index (χ1v) is 4.65. The number of aliphatic hydroxyl groups excluding tert-OH is 1. The van der Waals surface area contributed by atoms with Crippen molar-refractivity contribution in [3.05, 3.63) is 35.9 Å². The average Bonchev–Trinajstić information content (AvgIpc) is 2.63. The van der Waals surface area contributed by atoms with Crippen molar-refractivity contribution in [3.63, 3.8) is 0 Å². The first-order chi connectivity index (χ1) is 6.73. The number of hydrogen-bond donors (Lipinski definition) is 1. The summed E-state index contributed by atoms with van der Waals surface area (Å²) in [4.78, 5) is 5.19. The second-order valence-corrected chi connectivity index (χ2v) is 3.78. The maximum atomic E-state index is 9.09. The summed E-state index contributed by atoms with van der Waals surface area (Å²) >= 11 is 0. The highest BCUT2D eigenvalue weighted by molar-refractivity contribution is 6.01. The molecule has 0 bridgehead atoms. The van der Waals surface area contributed by atoms with E-state index in [1.54, 1.807) is 0 Å². The van der Waals surface area contributed by atoms with Crippen LogP contribution in [0.25, 0.3) is 0 Å². The normalized spacial score (nSPS) is 25.7. The fraction of sp³-hybridized carbons (Fsp3) is 0.364. The predicted molar refractivity (Wildman–Crippen MR) is 54.2 cm³/mol. The third kappa shape index (κ3) is 1.63. The van der Waals surface area contributed by atoms with Gasteiger partial charge in [-0.15, -0.1) is 0 Å². The monoisotopic (exact) mass is 191 g/mol. The Morgan fingerprint density at radius 2 is 2.14 bits per heavy atom. The van der Waals surface area contributed by atoms with Gasteiger partial charge in [-0.25, -0.2) is 0 Å². The molecule has 1 N–H and O–H groups in total. The van der Waals surface area contributed by atoms with Crippen LogP contribution >= 0.6 is 0 Å². The van der Waals surface area contributed by atoms with Crippen molar-refractivity contribution in [2.75, 3.05) is 6.61 Å². The summed E-state index contributed by atoms with van der Waals surface area (Å²) in [5, 5.41) is 13.1. The van der Waals surface area contributed by atoms with Crippen LogP contribution in [0.15, 0.2) is 35.5 Å². The lowest BCUT2D eigenvalue weighted by Crippen LogP contribution is -2.29. The third-order valence-electron chi connectivity index (χ3n) is 2.36. The van der Waals surface area contributed by atoms with E-state index in [1.807, 2.05) is 37.3 Å². The first kappa shape index (κ1) is 9.21. The molecule has 0 unspecified atom stereocenters. The Hall–Kier alpha value is -1.35. The standard InChI is InChI=1S/C11H13NO2/c1-11(8-13)7-10(12-14-11)9-5-3-2-4-6-9/h2-6,13H,7-8H2,1H3/t11-/m1/s1. The Morgan fingerprint density at radius 3 is 2.71 bits per heavy atom. The fourth-order valence-electron chi connectivity index (χ4n) is 1.45. The number of aliphatic hydroxyl groups is 1. The van der Waals surface area contributed by atoms with Crippen molar-refractivity contribution in [3.8, 4) is 0 Å². The molecule has 0 saturated carbocycles. The highest BCUT2D eigenvalue weighted by Gasteiger charge is 2.33. The van der Waals surface area contributed by atoms with Crippen LogP contribution in [0.3, 0.4) is 0 Å². The highest BCUT2D eigenvalue weighted by Crippen LogP contribution is 2.25. The van der Waals surface area contributed by atoms with Gasteiger partial charge in [-0.05, 0) is 12.5 Å². The van der Waals surface area contributed by atoms with Gasteiger partial charge in [0.05, 0.1) is 12.3 Å². The van der Waals surface area contributed by atoms with E-state index in [2.05, 4.69) is 5.16 Å². The van der Waals surface area contributed by atoms with Gasteiger partial charge >= 0.3 is 0 Å². The van der Waals surface area contributed by atoms with Crippen LogP contribution in [0.2, 0.25) is 0 Å². The molecule has 0 aliphatic carbocycles. The SMILES string of the molecule is C[C@]1(CO)CC(c2ccccc2)=NO1. The summed E-state index contributed by atoms with van der Waals surface area (Å²) in [6.07, 6.45) is 0.660. The topological polar surface area (TPSA) is 41.8 Å². The molecule has 1 aromatic rings. The largest absolute Gasteiger partial charge is 0.392 e. The summed E-state index contributed by atoms with van der Waals surface area (Å²) in [7, 11) is 0. The smallest absolute Gasteiger partial charge is 0.163 e. The van der Waals surface area contributed by atoms with Gasteiger partial charge in [-0.3, -0.25) is 0 Å². The zero-order valence-corrected chi connectivity index (χ0v) is 8.10. The van der Waals surface area contributed by atoms with E-state index >= 15 is 0 Å². The van der Waals surface area contributed by atoms with Gasteiger partial charge in [0, 0.05) is 6.42 Å². The van der Waals surface area contributed by atoms with E-state index in [0.717, 1.165) is 11.3 Å². The number of hydrogen-bond acceptors (Lipinski definition) is 3. The predicted octanol–water partition coefficient (Wildman–Crippen LogP) is 1.56. The number of rotatable bonds is 2. The molecule has 2 rings (SSSR count). The van der Waals surface area contributed by atoms with Crippen LogP contribution in [-0.4, -0.2) is 23.0 Å². The average molecular weight is 191 g/mol. The Balaban J connectivity index is 2.17. The van der Waals surface area contributed by atoms with E-state index in [9.17, 15) is 0 Å². The summed E-state index contributed by atoms with van der Waals surface area (Å²) in [6.45, 7) is 1.85. The van der Waals surface area contributed by atoms with Gasteiger partial charge in [0.1, 0.15) is 0 Å². The van der Waals surface area contributed by atoms with Crippen molar-refractivity contribution in [1.29, 1.82) is 0 Å². The molecular weight excluding hydrogens is 178 g/mol. The summed E-state index contributed by atoms with van der Waals surface area (Å²) < 4.78 is 0. The second-order valence-electron chi connectivity index (χ2n) is 3.78. The van der Waals surface area contributed by atoms with E-state index in [-0.39, 0.29) is 6.61 Å². The van der Waals surface area contributed by atoms with Crippen LogP contribution in [0.1, 0.15) is 18.9 Å². The lowest BCUT2D eigenvalue weighted by atomic mass is 9.97. The minimum absolute atomic E-state index is 0.00711. The molecule has 1 aliphatic heterocycles. The minimum Gasteiger partial charge on any atom is -0.392 e. The molecule has 1 heterocycles. The molecule has 0 radical (unpaired) electrons. The molecule has 0 aromatic heterocycles. The van der Waals surface area contributed by atoms with Crippen LogP contribution < -0.4 is 0 Å². The fourth-order valence-corrected chi connectivity index (χ4v) is 1.45. The Labute approximate surface area is 83.0 Å². The van der Waals surface area contributed by atoms with Gasteiger partial charge in [-0.1, -0.05) is 35.5 Å². The molecule has 1 aromatic carbocycles. The number of oxime groups is 1. The van der Waals surface area contributed by atoms with Gasteiger partial charge in [0.15, 0.2) is 5.60 Å². The second kappa shape index (κ2) is 3.42. The maximum absolute atomic E-state index is 9.09. The molecule has 3 nitrogen and oxygen atoms in total. The number of nitrogens with zero attached hydrogens (tertiary/aromatic N) is 1. The summed E-state index contributed by atoms with van der Waals surface area (Å²) in [5.74, 6) is 0. The molecule has 0 fully saturated rings. The summed E-state index contributed by atoms with van der Waals surface area (Å²) in [5.41, 5.74) is 1.43. The van der Waals surface area contributed by atoms with E-state index in [4.69, 9.17) is 9.94 Å². The first-order valence-electron chi connectivity index (χ1n) is 4.65. The quantitative estimate of drug-likeness (QED) is 0.770. The van der Waals surface area contributed by atoms with Gasteiger partial charge < -0.3 is 9.94 Å². The van der Waals surface area contributed by atoms with Crippen LogP contribution in [0.4, 0.5) is 0 Å². The number of benzene rings is 1. The Morgan fingerprint density at radius 1 is 1.43 bits per heavy atom. The van der Waals surface area contributed by atoms with E-state index in [1.165, 1.54) is 0 Å². The molecule has 0 spiro atoms. The van der Waals surface area contributed by atoms with Crippen molar-refractivity contribution in [2.45, 2.75) is 18.9 Å². The molecule has 74 valence electrons. The summed E-state index contributed by atoms with van der Waals surface area (Å²) in [6, 6.07) is 9.88. The van der Waals surface area contributed by atoms with Crippen LogP contribution in [0.5, 0.6) is 0 Å². The lowest BCUT2D eigenvalue weighted by Gasteiger charge is -2.17. The molecule has 1 aliphatic rings. The Bertz CT molecular complexity index is 348. The molecule has 3 heteroatoms. The maximum Gasteiger partial charge on any atom is 0.163 e. The van der Waals surface area contributed by atoms with Crippen molar-refractivity contribution in [2.24, 2.45) is 5.16 Å². The molecule has 0 saturated heterocycles. The van der Waals surface area contributed by atoms with Gasteiger partial charge in [0.2, 0.25) is 0 Å². The van der Waals surface area contributed by atoms with Crippen molar-refractivity contribution < 1.29 is 9.94 Å². The lowest BCUT2D eigenvalue weighted by molar-refractivity contribution is -0.0428. The van der Waals surface area contributed by atoms with Gasteiger partial charge in [-0.2, -0.15) is 0 Å². The van der Waals surface area contributed by atoms with Crippen molar-refractivity contribution >= 4 is 5.71 Å². The molecule has 0 amide bonds. The Kier molecular flexibility index (Phi) is 2.25. The van der Waals surface area contributed by atoms with E-state index in [0.29, 0.717) is 6.42 Å². The molecular formula is C11H13NO2.